The van der Waals surface area contributed by atoms with Crippen LogP contribution < -0.4 is 5.32 Å². The predicted octanol–water partition coefficient (Wildman–Crippen LogP) is 2.13. The zero-order valence-electron chi connectivity index (χ0n) is 13.3. The number of hydrogen-bond acceptors (Lipinski definition) is 3. The van der Waals surface area contributed by atoms with E-state index < -0.39 is 5.92 Å². The Morgan fingerprint density at radius 1 is 1.08 bits per heavy atom. The van der Waals surface area contributed by atoms with Gasteiger partial charge < -0.3 is 15.3 Å². The van der Waals surface area contributed by atoms with Crippen LogP contribution in [0.1, 0.15) is 23.5 Å². The van der Waals surface area contributed by atoms with Gasteiger partial charge in [-0.15, -0.1) is 0 Å². The Balaban J connectivity index is 1.73. The van der Waals surface area contributed by atoms with Crippen LogP contribution >= 0.6 is 0 Å². The van der Waals surface area contributed by atoms with Gasteiger partial charge in [-0.25, -0.2) is 0 Å². The minimum absolute atomic E-state index is 0.105. The van der Waals surface area contributed by atoms with Gasteiger partial charge >= 0.3 is 0 Å². The zero-order valence-corrected chi connectivity index (χ0v) is 13.3. The van der Waals surface area contributed by atoms with E-state index in [9.17, 15) is 14.7 Å². The fraction of sp³-hybridized carbons (Fsp3) is 0.263. The number of rotatable bonds is 6. The number of carbonyl (C=O) groups excluding carboxylic acids is 2. The molecular weight excluding hydrogens is 304 g/mol. The maximum atomic E-state index is 12.7. The summed E-state index contributed by atoms with van der Waals surface area (Å²) in [7, 11) is 0. The van der Waals surface area contributed by atoms with Crippen molar-refractivity contribution in [2.24, 2.45) is 0 Å². The molecule has 2 aromatic rings. The minimum atomic E-state index is -0.467. The molecule has 0 aromatic heterocycles. The number of para-hydroxylation sites is 1. The van der Waals surface area contributed by atoms with E-state index in [0.717, 1.165) is 16.8 Å². The zero-order chi connectivity index (χ0) is 16.9. The Morgan fingerprint density at radius 2 is 1.79 bits per heavy atom. The van der Waals surface area contributed by atoms with E-state index >= 15 is 0 Å². The molecule has 0 spiro atoms. The van der Waals surface area contributed by atoms with Crippen molar-refractivity contribution < 1.29 is 14.7 Å². The number of benzene rings is 2. The summed E-state index contributed by atoms with van der Waals surface area (Å²) in [6.45, 7) is 0.575. The van der Waals surface area contributed by atoms with Crippen LogP contribution in [-0.2, 0) is 16.1 Å². The van der Waals surface area contributed by atoms with E-state index in [4.69, 9.17) is 0 Å². The molecule has 5 heteroatoms. The SMILES string of the molecule is O=C1Nc2ccccc2C1CC(=O)N(CCO)Cc1ccccc1. The summed E-state index contributed by atoms with van der Waals surface area (Å²) in [6, 6.07) is 17.1. The first-order chi connectivity index (χ1) is 11.7. The average Bonchev–Trinajstić information content (AvgIpc) is 2.91. The Morgan fingerprint density at radius 3 is 2.54 bits per heavy atom. The summed E-state index contributed by atoms with van der Waals surface area (Å²) in [5.41, 5.74) is 2.63. The van der Waals surface area contributed by atoms with Crippen molar-refractivity contribution in [2.75, 3.05) is 18.5 Å². The van der Waals surface area contributed by atoms with Crippen molar-refractivity contribution >= 4 is 17.5 Å². The smallest absolute Gasteiger partial charge is 0.232 e. The Hall–Kier alpha value is -2.66. The fourth-order valence-corrected chi connectivity index (χ4v) is 3.00. The predicted molar refractivity (Wildman–Crippen MR) is 91.4 cm³/mol. The van der Waals surface area contributed by atoms with Gasteiger partial charge in [0, 0.05) is 25.2 Å². The third-order valence-electron chi connectivity index (χ3n) is 4.23. The molecule has 0 fully saturated rings. The lowest BCUT2D eigenvalue weighted by Gasteiger charge is -2.23. The van der Waals surface area contributed by atoms with E-state index in [-0.39, 0.29) is 31.4 Å². The molecule has 5 nitrogen and oxygen atoms in total. The van der Waals surface area contributed by atoms with Crippen LogP contribution in [0.4, 0.5) is 5.69 Å². The van der Waals surface area contributed by atoms with Crippen LogP contribution in [0.15, 0.2) is 54.6 Å². The van der Waals surface area contributed by atoms with Crippen molar-refractivity contribution in [1.29, 1.82) is 0 Å². The minimum Gasteiger partial charge on any atom is -0.395 e. The number of fused-ring (bicyclic) bond motifs is 1. The highest BCUT2D eigenvalue weighted by molar-refractivity contribution is 6.04. The normalized spacial score (nSPS) is 15.7. The standard InChI is InChI=1S/C19H20N2O3/c22-11-10-21(13-14-6-2-1-3-7-14)18(23)12-16-15-8-4-5-9-17(15)20-19(16)24/h1-9,16,22H,10-13H2,(H,20,24). The van der Waals surface area contributed by atoms with Gasteiger partial charge in [0.2, 0.25) is 11.8 Å². The van der Waals surface area contributed by atoms with Gasteiger partial charge in [0.15, 0.2) is 0 Å². The molecule has 0 saturated heterocycles. The van der Waals surface area contributed by atoms with Crippen molar-refractivity contribution in [3.8, 4) is 0 Å². The number of anilines is 1. The third kappa shape index (κ3) is 3.46. The maximum Gasteiger partial charge on any atom is 0.232 e. The van der Waals surface area contributed by atoms with Crippen LogP contribution in [0.3, 0.4) is 0 Å². The first kappa shape index (κ1) is 16.2. The molecule has 0 radical (unpaired) electrons. The summed E-state index contributed by atoms with van der Waals surface area (Å²) in [6.07, 6.45) is 0.107. The summed E-state index contributed by atoms with van der Waals surface area (Å²) in [5, 5.41) is 12.1. The molecule has 0 bridgehead atoms. The number of aliphatic hydroxyl groups is 1. The topological polar surface area (TPSA) is 69.6 Å². The molecule has 2 N–H and O–H groups in total. The first-order valence-electron chi connectivity index (χ1n) is 8.01. The second kappa shape index (κ2) is 7.27. The van der Waals surface area contributed by atoms with Crippen molar-refractivity contribution in [1.82, 2.24) is 4.90 Å². The Bertz CT molecular complexity index is 730. The van der Waals surface area contributed by atoms with Gasteiger partial charge in [-0.3, -0.25) is 9.59 Å². The van der Waals surface area contributed by atoms with Crippen LogP contribution in [0.2, 0.25) is 0 Å². The highest BCUT2D eigenvalue weighted by Gasteiger charge is 2.33. The van der Waals surface area contributed by atoms with Crippen molar-refractivity contribution in [3.63, 3.8) is 0 Å². The number of amides is 2. The second-order valence-electron chi connectivity index (χ2n) is 5.86. The molecule has 1 aliphatic heterocycles. The number of aliphatic hydroxyl groups excluding tert-OH is 1. The van der Waals surface area contributed by atoms with Gasteiger partial charge in [-0.1, -0.05) is 48.5 Å². The molecule has 2 amide bonds. The van der Waals surface area contributed by atoms with E-state index in [1.165, 1.54) is 0 Å². The van der Waals surface area contributed by atoms with E-state index in [1.807, 2.05) is 54.6 Å². The molecule has 124 valence electrons. The number of nitrogens with zero attached hydrogens (tertiary/aromatic N) is 1. The van der Waals surface area contributed by atoms with Crippen LogP contribution in [0.25, 0.3) is 0 Å². The summed E-state index contributed by atoms with van der Waals surface area (Å²) >= 11 is 0. The number of hydrogen-bond donors (Lipinski definition) is 2. The van der Waals surface area contributed by atoms with Crippen molar-refractivity contribution in [3.05, 3.63) is 65.7 Å². The Labute approximate surface area is 140 Å². The summed E-state index contributed by atoms with van der Waals surface area (Å²) in [4.78, 5) is 26.5. The molecule has 24 heavy (non-hydrogen) atoms. The number of carbonyl (C=O) groups is 2. The van der Waals surface area contributed by atoms with Crippen LogP contribution in [0.5, 0.6) is 0 Å². The van der Waals surface area contributed by atoms with E-state index in [2.05, 4.69) is 5.32 Å². The summed E-state index contributed by atoms with van der Waals surface area (Å²) < 4.78 is 0. The number of nitrogens with one attached hydrogen (secondary N) is 1. The molecular formula is C19H20N2O3. The molecule has 1 atom stereocenters. The lowest BCUT2D eigenvalue weighted by molar-refractivity contribution is -0.134. The highest BCUT2D eigenvalue weighted by Crippen LogP contribution is 2.34. The molecule has 1 heterocycles. The van der Waals surface area contributed by atoms with Gasteiger partial charge in [-0.2, -0.15) is 0 Å². The molecule has 3 rings (SSSR count). The lowest BCUT2D eigenvalue weighted by Crippen LogP contribution is -2.34. The molecule has 2 aromatic carbocycles. The van der Waals surface area contributed by atoms with Gasteiger partial charge in [0.1, 0.15) is 0 Å². The van der Waals surface area contributed by atoms with Gasteiger partial charge in [0.25, 0.3) is 0 Å². The molecule has 0 saturated carbocycles. The first-order valence-corrected chi connectivity index (χ1v) is 8.01. The average molecular weight is 324 g/mol. The maximum absolute atomic E-state index is 12.7. The largest absolute Gasteiger partial charge is 0.395 e. The fourth-order valence-electron chi connectivity index (χ4n) is 3.00. The van der Waals surface area contributed by atoms with Crippen LogP contribution in [-0.4, -0.2) is 35.0 Å². The van der Waals surface area contributed by atoms with Gasteiger partial charge in [-0.05, 0) is 17.2 Å². The van der Waals surface area contributed by atoms with Crippen molar-refractivity contribution in [2.45, 2.75) is 18.9 Å². The third-order valence-corrected chi connectivity index (χ3v) is 4.23. The van der Waals surface area contributed by atoms with E-state index in [0.29, 0.717) is 6.54 Å². The van der Waals surface area contributed by atoms with Gasteiger partial charge in [0.05, 0.1) is 12.5 Å². The molecule has 0 aliphatic carbocycles. The van der Waals surface area contributed by atoms with Crippen LogP contribution in [0, 0.1) is 0 Å². The van der Waals surface area contributed by atoms with E-state index in [1.54, 1.807) is 4.90 Å². The Kier molecular flexibility index (Phi) is 4.91. The highest BCUT2D eigenvalue weighted by atomic mass is 16.3. The molecule has 1 unspecified atom stereocenters. The lowest BCUT2D eigenvalue weighted by atomic mass is 9.96. The monoisotopic (exact) mass is 324 g/mol. The molecule has 1 aliphatic rings. The second-order valence-corrected chi connectivity index (χ2v) is 5.86. The summed E-state index contributed by atoms with van der Waals surface area (Å²) in [5.74, 6) is -0.747. The quantitative estimate of drug-likeness (QED) is 0.855.